The highest BCUT2D eigenvalue weighted by molar-refractivity contribution is 5.80. The lowest BCUT2D eigenvalue weighted by atomic mass is 9.88. The summed E-state index contributed by atoms with van der Waals surface area (Å²) in [5.74, 6) is -0.0915. The number of esters is 1. The van der Waals surface area contributed by atoms with Gasteiger partial charge in [-0.05, 0) is 32.0 Å². The van der Waals surface area contributed by atoms with Crippen molar-refractivity contribution in [1.82, 2.24) is 10.6 Å². The van der Waals surface area contributed by atoms with E-state index in [-0.39, 0.29) is 5.54 Å². The summed E-state index contributed by atoms with van der Waals surface area (Å²) in [5, 5.41) is 6.58. The Morgan fingerprint density at radius 3 is 2.71 bits per heavy atom. The van der Waals surface area contributed by atoms with Crippen molar-refractivity contribution in [1.29, 1.82) is 0 Å². The quantitative estimate of drug-likeness (QED) is 0.507. The molecule has 0 radical (unpaired) electrons. The van der Waals surface area contributed by atoms with Crippen molar-refractivity contribution in [3.63, 3.8) is 0 Å². The highest BCUT2D eigenvalue weighted by Crippen LogP contribution is 2.31. The Bertz CT molecular complexity index is 358. The number of nitrogens with one attached hydrogen (secondary N) is 2. The minimum Gasteiger partial charge on any atom is -0.397 e. The van der Waals surface area contributed by atoms with E-state index in [1.807, 2.05) is 6.08 Å². The van der Waals surface area contributed by atoms with E-state index in [1.54, 1.807) is 0 Å². The zero-order valence-electron chi connectivity index (χ0n) is 9.75. The lowest BCUT2D eigenvalue weighted by molar-refractivity contribution is -0.136. The van der Waals surface area contributed by atoms with Gasteiger partial charge in [-0.15, -0.1) is 0 Å². The summed E-state index contributed by atoms with van der Waals surface area (Å²) in [6.45, 7) is 3.58. The van der Waals surface area contributed by atoms with Crippen LogP contribution in [0, 0.1) is 0 Å². The third-order valence-electron chi connectivity index (χ3n) is 3.08. The average Bonchev–Trinajstić information content (AvgIpc) is 2.61. The van der Waals surface area contributed by atoms with Crippen LogP contribution in [0.4, 0.5) is 4.79 Å². The SMILES string of the molecule is CC(=O)OC(=O)OC1=CCNC12CCNCC2. The lowest BCUT2D eigenvalue weighted by Crippen LogP contribution is -2.51. The summed E-state index contributed by atoms with van der Waals surface area (Å²) >= 11 is 0. The topological polar surface area (TPSA) is 76.7 Å². The molecule has 0 aromatic carbocycles. The highest BCUT2D eigenvalue weighted by Gasteiger charge is 2.41. The van der Waals surface area contributed by atoms with Crippen LogP contribution < -0.4 is 10.6 Å². The van der Waals surface area contributed by atoms with Crippen molar-refractivity contribution in [2.75, 3.05) is 19.6 Å². The fraction of sp³-hybridized carbons (Fsp3) is 0.636. The first-order chi connectivity index (χ1) is 8.12. The van der Waals surface area contributed by atoms with E-state index in [2.05, 4.69) is 15.4 Å². The molecule has 2 heterocycles. The third-order valence-corrected chi connectivity index (χ3v) is 3.08. The van der Waals surface area contributed by atoms with Crippen LogP contribution >= 0.6 is 0 Å². The van der Waals surface area contributed by atoms with E-state index in [1.165, 1.54) is 6.92 Å². The molecule has 0 aliphatic carbocycles. The molecule has 0 saturated carbocycles. The minimum absolute atomic E-state index is 0.277. The molecule has 94 valence electrons. The molecule has 2 aliphatic heterocycles. The first-order valence-corrected chi connectivity index (χ1v) is 5.69. The van der Waals surface area contributed by atoms with Crippen LogP contribution in [0.1, 0.15) is 19.8 Å². The maximum Gasteiger partial charge on any atom is 0.521 e. The Balaban J connectivity index is 1.99. The zero-order chi connectivity index (χ0) is 12.3. The molecule has 17 heavy (non-hydrogen) atoms. The van der Waals surface area contributed by atoms with Gasteiger partial charge in [-0.1, -0.05) is 0 Å². The number of carbonyl (C=O) groups is 2. The van der Waals surface area contributed by atoms with E-state index in [0.717, 1.165) is 25.9 Å². The molecule has 2 N–H and O–H groups in total. The van der Waals surface area contributed by atoms with Crippen molar-refractivity contribution in [3.05, 3.63) is 11.8 Å². The van der Waals surface area contributed by atoms with Crippen molar-refractivity contribution in [2.45, 2.75) is 25.3 Å². The van der Waals surface area contributed by atoms with Gasteiger partial charge in [0.1, 0.15) is 5.76 Å². The predicted octanol–water partition coefficient (Wildman–Crippen LogP) is 0.295. The minimum atomic E-state index is -0.953. The largest absolute Gasteiger partial charge is 0.521 e. The number of hydrogen-bond donors (Lipinski definition) is 2. The van der Waals surface area contributed by atoms with Crippen molar-refractivity contribution in [2.24, 2.45) is 0 Å². The van der Waals surface area contributed by atoms with E-state index >= 15 is 0 Å². The smallest absolute Gasteiger partial charge is 0.397 e. The molecular formula is C11H16N2O4. The van der Waals surface area contributed by atoms with E-state index < -0.39 is 12.1 Å². The van der Waals surface area contributed by atoms with Crippen LogP contribution in [0.25, 0.3) is 0 Å². The molecule has 0 bridgehead atoms. The van der Waals surface area contributed by atoms with Crippen LogP contribution in [0.15, 0.2) is 11.8 Å². The van der Waals surface area contributed by atoms with Gasteiger partial charge in [-0.25, -0.2) is 4.79 Å². The van der Waals surface area contributed by atoms with Gasteiger partial charge in [0.15, 0.2) is 0 Å². The van der Waals surface area contributed by atoms with Gasteiger partial charge in [0.05, 0.1) is 5.54 Å². The van der Waals surface area contributed by atoms with Crippen LogP contribution in [0.3, 0.4) is 0 Å². The van der Waals surface area contributed by atoms with Crippen LogP contribution in [0.2, 0.25) is 0 Å². The number of rotatable bonds is 1. The number of ether oxygens (including phenoxy) is 2. The number of piperidine rings is 1. The van der Waals surface area contributed by atoms with Crippen LogP contribution in [-0.4, -0.2) is 37.3 Å². The summed E-state index contributed by atoms with van der Waals surface area (Å²) in [6, 6.07) is 0. The second kappa shape index (κ2) is 4.85. The Morgan fingerprint density at radius 1 is 1.35 bits per heavy atom. The van der Waals surface area contributed by atoms with Gasteiger partial charge in [0.2, 0.25) is 0 Å². The molecule has 1 spiro atoms. The molecule has 1 fully saturated rings. The first kappa shape index (κ1) is 12.1. The molecule has 0 aromatic rings. The summed E-state index contributed by atoms with van der Waals surface area (Å²) in [4.78, 5) is 21.9. The maximum absolute atomic E-state index is 11.3. The summed E-state index contributed by atoms with van der Waals surface area (Å²) in [7, 11) is 0. The molecule has 2 aliphatic rings. The van der Waals surface area contributed by atoms with Crippen molar-refractivity contribution in [3.8, 4) is 0 Å². The monoisotopic (exact) mass is 240 g/mol. The molecule has 6 heteroatoms. The second-order valence-electron chi connectivity index (χ2n) is 4.23. The Labute approximate surface area is 99.3 Å². The fourth-order valence-corrected chi connectivity index (χ4v) is 2.27. The highest BCUT2D eigenvalue weighted by atomic mass is 16.7. The van der Waals surface area contributed by atoms with Crippen LogP contribution in [-0.2, 0) is 14.3 Å². The van der Waals surface area contributed by atoms with Gasteiger partial charge in [-0.2, -0.15) is 0 Å². The predicted molar refractivity (Wildman–Crippen MR) is 59.2 cm³/mol. The number of hydrogen-bond acceptors (Lipinski definition) is 6. The summed E-state index contributed by atoms with van der Waals surface area (Å²) in [5.41, 5.74) is -0.277. The van der Waals surface area contributed by atoms with Gasteiger partial charge in [0, 0.05) is 13.5 Å². The van der Waals surface area contributed by atoms with Gasteiger partial charge >= 0.3 is 12.1 Å². The molecule has 0 amide bonds. The third kappa shape index (κ3) is 2.65. The standard InChI is InChI=1S/C11H16N2O4/c1-8(14)16-10(15)17-9-2-5-13-11(9)3-6-12-7-4-11/h2,12-13H,3-7H2,1H3. The Kier molecular flexibility index (Phi) is 3.44. The Morgan fingerprint density at radius 2 is 2.06 bits per heavy atom. The summed E-state index contributed by atoms with van der Waals surface area (Å²) in [6.07, 6.45) is 2.58. The van der Waals surface area contributed by atoms with Gasteiger partial charge in [0.25, 0.3) is 0 Å². The molecular weight excluding hydrogens is 224 g/mol. The van der Waals surface area contributed by atoms with E-state index in [0.29, 0.717) is 12.3 Å². The van der Waals surface area contributed by atoms with E-state index in [4.69, 9.17) is 4.74 Å². The molecule has 0 atom stereocenters. The van der Waals surface area contributed by atoms with E-state index in [9.17, 15) is 9.59 Å². The average molecular weight is 240 g/mol. The van der Waals surface area contributed by atoms with Crippen molar-refractivity contribution < 1.29 is 19.1 Å². The lowest BCUT2D eigenvalue weighted by Gasteiger charge is -2.35. The Hall–Kier alpha value is -1.40. The first-order valence-electron chi connectivity index (χ1n) is 5.69. The molecule has 6 nitrogen and oxygen atoms in total. The normalized spacial score (nSPS) is 22.1. The summed E-state index contributed by atoms with van der Waals surface area (Å²) < 4.78 is 9.47. The number of carbonyl (C=O) groups excluding carboxylic acids is 2. The van der Waals surface area contributed by atoms with Crippen LogP contribution in [0.5, 0.6) is 0 Å². The molecule has 0 aromatic heterocycles. The van der Waals surface area contributed by atoms with Gasteiger partial charge in [-0.3, -0.25) is 4.79 Å². The maximum atomic E-state index is 11.3. The zero-order valence-corrected chi connectivity index (χ0v) is 9.75. The van der Waals surface area contributed by atoms with Gasteiger partial charge < -0.3 is 20.1 Å². The fourth-order valence-electron chi connectivity index (χ4n) is 2.27. The van der Waals surface area contributed by atoms with Crippen molar-refractivity contribution >= 4 is 12.1 Å². The molecule has 2 rings (SSSR count). The second-order valence-corrected chi connectivity index (χ2v) is 4.23. The molecule has 1 saturated heterocycles. The molecule has 0 unspecified atom stereocenters.